The van der Waals surface area contributed by atoms with E-state index in [1.54, 1.807) is 10.6 Å². The highest BCUT2D eigenvalue weighted by Gasteiger charge is 2.31. The Kier molecular flexibility index (Phi) is 5.57. The maximum atomic E-state index is 14.2. The van der Waals surface area contributed by atoms with Crippen LogP contribution in [0, 0.1) is 23.5 Å². The molecule has 0 saturated heterocycles. The van der Waals surface area contributed by atoms with Crippen LogP contribution in [-0.4, -0.2) is 23.0 Å². The maximum Gasteiger partial charge on any atom is 0.416 e. The van der Waals surface area contributed by atoms with Gasteiger partial charge < -0.3 is 0 Å². The molecule has 5 rings (SSSR count). The fraction of sp³-hybridized carbons (Fsp3) is 0.167. The molecule has 2 heterocycles. The molecule has 2 aromatic heterocycles. The van der Waals surface area contributed by atoms with Crippen molar-refractivity contribution in [3.8, 4) is 23.1 Å². The van der Waals surface area contributed by atoms with Gasteiger partial charge in [0, 0.05) is 23.2 Å². The molecule has 1 saturated carbocycles. The summed E-state index contributed by atoms with van der Waals surface area (Å²) >= 11 is 0. The summed E-state index contributed by atoms with van der Waals surface area (Å²) in [4.78, 5) is 3.62. The summed E-state index contributed by atoms with van der Waals surface area (Å²) in [7, 11) is -4.45. The van der Waals surface area contributed by atoms with Crippen molar-refractivity contribution in [1.29, 1.82) is 0 Å². The van der Waals surface area contributed by atoms with Crippen molar-refractivity contribution in [3.63, 3.8) is 0 Å². The quantitative estimate of drug-likeness (QED) is 0.317. The molecule has 36 heavy (non-hydrogen) atoms. The lowest BCUT2D eigenvalue weighted by atomic mass is 10.1. The lowest BCUT2D eigenvalue weighted by Crippen LogP contribution is -2.14. The minimum Gasteiger partial charge on any atom is -0.227 e. The van der Waals surface area contributed by atoms with Crippen LogP contribution in [0.4, 0.5) is 22.0 Å². The molecule has 0 radical (unpaired) electrons. The third-order valence-corrected chi connectivity index (χ3v) is 6.59. The Morgan fingerprint density at radius 2 is 1.64 bits per heavy atom. The normalized spacial score (nSPS) is 14.1. The number of aromatic nitrogens is 3. The molecule has 4 aromatic rings. The number of primary sulfonamides is 1. The second kappa shape index (κ2) is 8.39. The SMILES string of the molecule is NS(=O)(=O)c1cc(C#Cc2cnn3c(C4CC4)cc(-c4ccc(C(F)(F)F)cc4)nc23)c(F)cc1F. The van der Waals surface area contributed by atoms with E-state index in [-0.39, 0.29) is 17.1 Å². The summed E-state index contributed by atoms with van der Waals surface area (Å²) in [6.07, 6.45) is -1.27. The molecule has 1 fully saturated rings. The van der Waals surface area contributed by atoms with Crippen LogP contribution in [0.25, 0.3) is 16.9 Å². The predicted octanol–water partition coefficient (Wildman–Crippen LogP) is 4.62. The number of benzene rings is 2. The summed E-state index contributed by atoms with van der Waals surface area (Å²) < 4.78 is 91.6. The fourth-order valence-corrected chi connectivity index (χ4v) is 4.31. The molecule has 2 aromatic carbocycles. The van der Waals surface area contributed by atoms with Crippen molar-refractivity contribution in [2.75, 3.05) is 0 Å². The zero-order valence-corrected chi connectivity index (χ0v) is 19.0. The Morgan fingerprint density at radius 1 is 0.972 bits per heavy atom. The van der Waals surface area contributed by atoms with E-state index in [0.717, 1.165) is 30.7 Å². The average Bonchev–Trinajstić information content (AvgIpc) is 3.57. The number of hydrogen-bond acceptors (Lipinski definition) is 4. The van der Waals surface area contributed by atoms with Crippen LogP contribution in [0.3, 0.4) is 0 Å². The van der Waals surface area contributed by atoms with Gasteiger partial charge in [0.05, 0.1) is 28.6 Å². The van der Waals surface area contributed by atoms with Crippen LogP contribution in [-0.2, 0) is 16.2 Å². The van der Waals surface area contributed by atoms with Crippen molar-refractivity contribution in [1.82, 2.24) is 14.6 Å². The maximum absolute atomic E-state index is 14.2. The lowest BCUT2D eigenvalue weighted by Gasteiger charge is -2.10. The molecule has 1 aliphatic carbocycles. The van der Waals surface area contributed by atoms with E-state index in [9.17, 15) is 30.4 Å². The molecule has 2 N–H and O–H groups in total. The van der Waals surface area contributed by atoms with Crippen LogP contribution in [0.1, 0.15) is 41.1 Å². The highest BCUT2D eigenvalue weighted by Crippen LogP contribution is 2.41. The van der Waals surface area contributed by atoms with Gasteiger partial charge in [-0.25, -0.2) is 31.8 Å². The first-order valence-electron chi connectivity index (χ1n) is 10.5. The predicted molar refractivity (Wildman–Crippen MR) is 119 cm³/mol. The Balaban J connectivity index is 1.61. The molecule has 0 aliphatic heterocycles. The summed E-state index contributed by atoms with van der Waals surface area (Å²) in [6.45, 7) is 0. The molecular formula is C24H15F5N4O2S. The lowest BCUT2D eigenvalue weighted by molar-refractivity contribution is -0.137. The molecule has 6 nitrogen and oxygen atoms in total. The second-order valence-electron chi connectivity index (χ2n) is 8.27. The summed E-state index contributed by atoms with van der Waals surface area (Å²) in [5.74, 6) is 2.91. The third-order valence-electron chi connectivity index (χ3n) is 5.66. The van der Waals surface area contributed by atoms with Crippen LogP contribution >= 0.6 is 0 Å². The van der Waals surface area contributed by atoms with E-state index >= 15 is 0 Å². The molecule has 0 atom stereocenters. The molecule has 0 spiro atoms. The molecule has 184 valence electrons. The topological polar surface area (TPSA) is 90.4 Å². The van der Waals surface area contributed by atoms with E-state index in [4.69, 9.17) is 5.14 Å². The Morgan fingerprint density at radius 3 is 2.25 bits per heavy atom. The van der Waals surface area contributed by atoms with Crippen LogP contribution < -0.4 is 5.14 Å². The number of hydrogen-bond donors (Lipinski definition) is 1. The number of rotatable bonds is 3. The van der Waals surface area contributed by atoms with E-state index in [1.165, 1.54) is 18.3 Å². The first-order valence-corrected chi connectivity index (χ1v) is 12.1. The van der Waals surface area contributed by atoms with Gasteiger partial charge in [-0.3, -0.25) is 0 Å². The second-order valence-corrected chi connectivity index (χ2v) is 9.80. The Bertz CT molecular complexity index is 1680. The number of halogens is 5. The number of nitrogens with two attached hydrogens (primary N) is 1. The van der Waals surface area contributed by atoms with E-state index < -0.39 is 43.9 Å². The zero-order chi connectivity index (χ0) is 25.8. The van der Waals surface area contributed by atoms with Gasteiger partial charge in [0.25, 0.3) is 0 Å². The molecule has 0 unspecified atom stereocenters. The van der Waals surface area contributed by atoms with Crippen molar-refractivity contribution < 1.29 is 30.4 Å². The summed E-state index contributed by atoms with van der Waals surface area (Å²) in [5, 5.41) is 9.27. The van der Waals surface area contributed by atoms with Crippen molar-refractivity contribution >= 4 is 15.7 Å². The average molecular weight is 518 g/mol. The minimum atomic E-state index is -4.47. The van der Waals surface area contributed by atoms with Crippen LogP contribution in [0.2, 0.25) is 0 Å². The van der Waals surface area contributed by atoms with Gasteiger partial charge in [0.15, 0.2) is 5.65 Å². The van der Waals surface area contributed by atoms with E-state index in [0.29, 0.717) is 23.4 Å². The fourth-order valence-electron chi connectivity index (χ4n) is 3.70. The van der Waals surface area contributed by atoms with Gasteiger partial charge in [0.2, 0.25) is 10.0 Å². The van der Waals surface area contributed by atoms with Gasteiger partial charge in [-0.1, -0.05) is 24.0 Å². The van der Waals surface area contributed by atoms with E-state index in [2.05, 4.69) is 21.9 Å². The van der Waals surface area contributed by atoms with Gasteiger partial charge in [-0.2, -0.15) is 18.3 Å². The zero-order valence-electron chi connectivity index (χ0n) is 18.1. The number of fused-ring (bicyclic) bond motifs is 1. The molecule has 12 heteroatoms. The first kappa shape index (κ1) is 23.9. The van der Waals surface area contributed by atoms with Crippen LogP contribution in [0.15, 0.2) is 53.6 Å². The van der Waals surface area contributed by atoms with Crippen molar-refractivity contribution in [3.05, 3.63) is 82.7 Å². The van der Waals surface area contributed by atoms with Crippen LogP contribution in [0.5, 0.6) is 0 Å². The van der Waals surface area contributed by atoms with Gasteiger partial charge in [-0.05, 0) is 37.1 Å². The third kappa shape index (κ3) is 4.55. The molecule has 1 aliphatic rings. The molecule has 0 amide bonds. The van der Waals surface area contributed by atoms with E-state index in [1.807, 2.05) is 0 Å². The van der Waals surface area contributed by atoms with Gasteiger partial charge >= 0.3 is 6.18 Å². The Labute approximate surface area is 201 Å². The standard InChI is InChI=1S/C24H15F5N4O2S/c25-18-10-19(26)22(36(30,34)35)9-15(18)3-4-16-12-31-33-21(14-1-2-14)11-20(32-23(16)33)13-5-7-17(8-6-13)24(27,28)29/h5-12,14H,1-2H2,(H2,30,34,35). The number of alkyl halides is 3. The number of sulfonamides is 1. The minimum absolute atomic E-state index is 0.191. The highest BCUT2D eigenvalue weighted by molar-refractivity contribution is 7.89. The van der Waals surface area contributed by atoms with Crippen molar-refractivity contribution in [2.24, 2.45) is 5.14 Å². The summed E-state index contributed by atoms with van der Waals surface area (Å²) in [5.41, 5.74) is 1.02. The Hall–Kier alpha value is -3.82. The highest BCUT2D eigenvalue weighted by atomic mass is 32.2. The smallest absolute Gasteiger partial charge is 0.227 e. The first-order chi connectivity index (χ1) is 16.9. The molecule has 0 bridgehead atoms. The summed E-state index contributed by atoms with van der Waals surface area (Å²) in [6, 6.07) is 7.42. The number of nitrogens with zero attached hydrogens (tertiary/aromatic N) is 3. The van der Waals surface area contributed by atoms with Gasteiger partial charge in [0.1, 0.15) is 16.5 Å². The monoisotopic (exact) mass is 518 g/mol. The molecular weight excluding hydrogens is 503 g/mol. The van der Waals surface area contributed by atoms with Gasteiger partial charge in [-0.15, -0.1) is 0 Å². The van der Waals surface area contributed by atoms with Crippen molar-refractivity contribution in [2.45, 2.75) is 29.8 Å². The largest absolute Gasteiger partial charge is 0.416 e.